The molecule has 0 spiro atoms. The zero-order valence-corrected chi connectivity index (χ0v) is 16.3. The van der Waals surface area contributed by atoms with Gasteiger partial charge in [0.1, 0.15) is 13.2 Å². The average Bonchev–Trinajstić information content (AvgIpc) is 3.19. The van der Waals surface area contributed by atoms with Crippen LogP contribution >= 0.6 is 0 Å². The Morgan fingerprint density at radius 1 is 0.800 bits per heavy atom. The van der Waals surface area contributed by atoms with E-state index in [2.05, 4.69) is 46.9 Å². The maximum absolute atomic E-state index is 5.74. The van der Waals surface area contributed by atoms with E-state index in [-0.39, 0.29) is 22.9 Å². The number of aliphatic imine (C=N–C) groups is 2. The SMILES string of the molecule is CC(C)(C)C1COC(/C=C2/CC/C(=C\C3=NC(C(C)(C)C)CO3)N2)=N1. The molecule has 3 heterocycles. The van der Waals surface area contributed by atoms with Gasteiger partial charge in [0.25, 0.3) is 0 Å². The van der Waals surface area contributed by atoms with E-state index >= 15 is 0 Å². The van der Waals surface area contributed by atoms with Crippen molar-refractivity contribution in [3.63, 3.8) is 0 Å². The van der Waals surface area contributed by atoms with Gasteiger partial charge in [-0.3, -0.25) is 0 Å². The van der Waals surface area contributed by atoms with Crippen molar-refractivity contribution in [1.82, 2.24) is 5.32 Å². The zero-order valence-electron chi connectivity index (χ0n) is 16.3. The third-order valence-electron chi connectivity index (χ3n) is 4.92. The highest BCUT2D eigenvalue weighted by Crippen LogP contribution is 2.28. The summed E-state index contributed by atoms with van der Waals surface area (Å²) in [6.07, 6.45) is 5.98. The molecule has 1 saturated heterocycles. The fraction of sp³-hybridized carbons (Fsp3) is 0.700. The van der Waals surface area contributed by atoms with Crippen molar-refractivity contribution in [3.05, 3.63) is 23.5 Å². The molecule has 0 aromatic carbocycles. The highest BCUT2D eigenvalue weighted by atomic mass is 16.5. The van der Waals surface area contributed by atoms with E-state index in [0.29, 0.717) is 13.2 Å². The van der Waals surface area contributed by atoms with Gasteiger partial charge in [0.15, 0.2) is 0 Å². The molecule has 2 unspecified atom stereocenters. The summed E-state index contributed by atoms with van der Waals surface area (Å²) in [4.78, 5) is 9.40. The lowest BCUT2D eigenvalue weighted by Crippen LogP contribution is -2.25. The standard InChI is InChI=1S/C20H31N3O2/c1-19(2,3)15-11-24-17(22-15)9-13-7-8-14(21-13)10-18-23-16(12-25-18)20(4,5)6/h9-10,15-16,21H,7-8,11-12H2,1-6H3/b13-9-,14-10+. The number of nitrogens with one attached hydrogen (secondary N) is 1. The van der Waals surface area contributed by atoms with Gasteiger partial charge < -0.3 is 14.8 Å². The summed E-state index contributed by atoms with van der Waals surface area (Å²) in [6, 6.07) is 0.456. The molecule has 3 rings (SSSR count). The molecule has 0 aromatic rings. The van der Waals surface area contributed by atoms with Crippen LogP contribution in [0.3, 0.4) is 0 Å². The van der Waals surface area contributed by atoms with Crippen LogP contribution in [0.5, 0.6) is 0 Å². The van der Waals surface area contributed by atoms with Crippen LogP contribution in [0, 0.1) is 10.8 Å². The fourth-order valence-corrected chi connectivity index (χ4v) is 2.95. The largest absolute Gasteiger partial charge is 0.476 e. The summed E-state index contributed by atoms with van der Waals surface area (Å²) in [7, 11) is 0. The molecule has 3 aliphatic rings. The van der Waals surface area contributed by atoms with E-state index in [1.165, 1.54) is 0 Å². The molecule has 5 nitrogen and oxygen atoms in total. The van der Waals surface area contributed by atoms with Crippen molar-refractivity contribution in [3.8, 4) is 0 Å². The minimum atomic E-state index is 0.135. The van der Waals surface area contributed by atoms with Crippen LogP contribution in [-0.4, -0.2) is 37.1 Å². The molecule has 3 aliphatic heterocycles. The Morgan fingerprint density at radius 3 is 1.52 bits per heavy atom. The third kappa shape index (κ3) is 4.44. The van der Waals surface area contributed by atoms with Gasteiger partial charge in [0.05, 0.1) is 12.1 Å². The first-order chi connectivity index (χ1) is 11.6. The Hall–Kier alpha value is -1.78. The van der Waals surface area contributed by atoms with Gasteiger partial charge in [0, 0.05) is 23.5 Å². The summed E-state index contributed by atoms with van der Waals surface area (Å²) in [6.45, 7) is 14.5. The molecule has 0 saturated carbocycles. The molecule has 0 aromatic heterocycles. The van der Waals surface area contributed by atoms with Gasteiger partial charge in [-0.05, 0) is 23.7 Å². The van der Waals surface area contributed by atoms with Crippen molar-refractivity contribution in [1.29, 1.82) is 0 Å². The smallest absolute Gasteiger partial charge is 0.210 e. The van der Waals surface area contributed by atoms with Crippen molar-refractivity contribution in [2.75, 3.05) is 13.2 Å². The quantitative estimate of drug-likeness (QED) is 0.827. The van der Waals surface area contributed by atoms with Gasteiger partial charge in [-0.25, -0.2) is 9.98 Å². The Kier molecular flexibility index (Phi) is 4.69. The van der Waals surface area contributed by atoms with Crippen molar-refractivity contribution >= 4 is 11.8 Å². The second-order valence-corrected chi connectivity index (χ2v) is 9.28. The van der Waals surface area contributed by atoms with E-state index in [9.17, 15) is 0 Å². The normalized spacial score (nSPS) is 30.2. The van der Waals surface area contributed by atoms with Gasteiger partial charge in [0.2, 0.25) is 11.8 Å². The summed E-state index contributed by atoms with van der Waals surface area (Å²) in [5, 5.41) is 3.45. The van der Waals surface area contributed by atoms with Crippen LogP contribution in [0.2, 0.25) is 0 Å². The van der Waals surface area contributed by atoms with Crippen LogP contribution < -0.4 is 5.32 Å². The third-order valence-corrected chi connectivity index (χ3v) is 4.92. The van der Waals surface area contributed by atoms with Gasteiger partial charge >= 0.3 is 0 Å². The highest BCUT2D eigenvalue weighted by Gasteiger charge is 2.31. The lowest BCUT2D eigenvalue weighted by Gasteiger charge is -2.21. The highest BCUT2D eigenvalue weighted by molar-refractivity contribution is 5.91. The lowest BCUT2D eigenvalue weighted by molar-refractivity contribution is 0.236. The monoisotopic (exact) mass is 345 g/mol. The van der Waals surface area contributed by atoms with Crippen LogP contribution in [0.4, 0.5) is 0 Å². The molecule has 1 fully saturated rings. The molecular formula is C20H31N3O2. The number of rotatable bonds is 2. The minimum absolute atomic E-state index is 0.135. The van der Waals surface area contributed by atoms with Crippen molar-refractivity contribution in [2.24, 2.45) is 20.8 Å². The molecule has 0 radical (unpaired) electrons. The number of allylic oxidation sites excluding steroid dienone is 2. The fourth-order valence-electron chi connectivity index (χ4n) is 2.95. The van der Waals surface area contributed by atoms with E-state index in [0.717, 1.165) is 36.0 Å². The Balaban J connectivity index is 1.63. The maximum Gasteiger partial charge on any atom is 0.210 e. The van der Waals surface area contributed by atoms with Gasteiger partial charge in [-0.2, -0.15) is 0 Å². The van der Waals surface area contributed by atoms with E-state index < -0.39 is 0 Å². The topological polar surface area (TPSA) is 55.2 Å². The Labute approximate surface area is 151 Å². The molecule has 138 valence electrons. The lowest BCUT2D eigenvalue weighted by atomic mass is 9.88. The molecule has 1 N–H and O–H groups in total. The Bertz CT molecular complexity index is 589. The first-order valence-electron chi connectivity index (χ1n) is 9.20. The summed E-state index contributed by atoms with van der Waals surface area (Å²) in [5.41, 5.74) is 2.56. The van der Waals surface area contributed by atoms with Crippen LogP contribution in [0.15, 0.2) is 33.5 Å². The van der Waals surface area contributed by atoms with Crippen LogP contribution in [-0.2, 0) is 9.47 Å². The number of hydrogen-bond donors (Lipinski definition) is 1. The molecular weight excluding hydrogens is 314 g/mol. The molecule has 0 amide bonds. The number of nitrogens with zero attached hydrogens (tertiary/aromatic N) is 2. The second kappa shape index (κ2) is 6.50. The molecule has 25 heavy (non-hydrogen) atoms. The maximum atomic E-state index is 5.74. The van der Waals surface area contributed by atoms with Crippen LogP contribution in [0.25, 0.3) is 0 Å². The predicted octanol–water partition coefficient (Wildman–Crippen LogP) is 3.82. The van der Waals surface area contributed by atoms with E-state index in [1.807, 2.05) is 12.2 Å². The summed E-state index contributed by atoms with van der Waals surface area (Å²) >= 11 is 0. The van der Waals surface area contributed by atoms with Gasteiger partial charge in [-0.1, -0.05) is 41.5 Å². The first kappa shape index (κ1) is 18.0. The number of hydrogen-bond acceptors (Lipinski definition) is 5. The molecule has 0 aliphatic carbocycles. The van der Waals surface area contributed by atoms with Crippen LogP contribution in [0.1, 0.15) is 54.4 Å². The molecule has 5 heteroatoms. The van der Waals surface area contributed by atoms with E-state index in [1.54, 1.807) is 0 Å². The summed E-state index contributed by atoms with van der Waals surface area (Å²) < 4.78 is 11.5. The average molecular weight is 345 g/mol. The molecule has 2 atom stereocenters. The Morgan fingerprint density at radius 2 is 1.20 bits per heavy atom. The van der Waals surface area contributed by atoms with Gasteiger partial charge in [-0.15, -0.1) is 0 Å². The minimum Gasteiger partial charge on any atom is -0.476 e. The zero-order chi connectivity index (χ0) is 18.2. The predicted molar refractivity (Wildman–Crippen MR) is 102 cm³/mol. The number of ether oxygens (including phenoxy) is 2. The summed E-state index contributed by atoms with van der Waals surface area (Å²) in [5.74, 6) is 1.48. The van der Waals surface area contributed by atoms with Crippen molar-refractivity contribution < 1.29 is 9.47 Å². The van der Waals surface area contributed by atoms with Crippen molar-refractivity contribution in [2.45, 2.75) is 66.5 Å². The molecule has 0 bridgehead atoms. The second-order valence-electron chi connectivity index (χ2n) is 9.28. The van der Waals surface area contributed by atoms with E-state index in [4.69, 9.17) is 19.5 Å². The first-order valence-corrected chi connectivity index (χ1v) is 9.20.